The molecular formula is C28H30ClFN6O. The first kappa shape index (κ1) is 25.1. The Bertz CT molecular complexity index is 1390. The SMILES string of the molecule is CCCc1nc(N2CCCN(C(=O)[C@H](Cl)c3ccccc3)CC2)c2c(C)nn(-c3ccc(F)cc3)c2n1. The number of aryl methyl sites for hydroxylation is 2. The van der Waals surface area contributed by atoms with Crippen molar-refractivity contribution in [3.8, 4) is 5.69 Å². The Morgan fingerprint density at radius 1 is 1.03 bits per heavy atom. The molecule has 0 saturated carbocycles. The molecule has 0 unspecified atom stereocenters. The molecule has 9 heteroatoms. The van der Waals surface area contributed by atoms with Gasteiger partial charge in [-0.3, -0.25) is 4.79 Å². The largest absolute Gasteiger partial charge is 0.354 e. The number of fused-ring (bicyclic) bond motifs is 1. The van der Waals surface area contributed by atoms with E-state index >= 15 is 0 Å². The number of hydrogen-bond acceptors (Lipinski definition) is 5. The maximum atomic E-state index is 13.6. The molecule has 5 rings (SSSR count). The molecule has 0 aliphatic carbocycles. The fraction of sp³-hybridized carbons (Fsp3) is 0.357. The van der Waals surface area contributed by atoms with Gasteiger partial charge in [-0.25, -0.2) is 19.0 Å². The second-order valence-electron chi connectivity index (χ2n) is 9.32. The molecule has 1 aliphatic heterocycles. The fourth-order valence-electron chi connectivity index (χ4n) is 4.81. The van der Waals surface area contributed by atoms with Gasteiger partial charge in [0.2, 0.25) is 5.91 Å². The van der Waals surface area contributed by atoms with Crippen LogP contribution in [0.4, 0.5) is 10.2 Å². The van der Waals surface area contributed by atoms with Crippen molar-refractivity contribution in [2.45, 2.75) is 38.5 Å². The van der Waals surface area contributed by atoms with Crippen molar-refractivity contribution in [3.05, 3.63) is 77.5 Å². The maximum absolute atomic E-state index is 13.6. The summed E-state index contributed by atoms with van der Waals surface area (Å²) < 4.78 is 15.3. The highest BCUT2D eigenvalue weighted by molar-refractivity contribution is 6.30. The molecule has 0 bridgehead atoms. The van der Waals surface area contributed by atoms with Gasteiger partial charge in [-0.05, 0) is 49.6 Å². The van der Waals surface area contributed by atoms with Gasteiger partial charge in [-0.2, -0.15) is 5.10 Å². The van der Waals surface area contributed by atoms with Crippen LogP contribution < -0.4 is 4.90 Å². The van der Waals surface area contributed by atoms with Gasteiger partial charge in [0.05, 0.1) is 16.8 Å². The van der Waals surface area contributed by atoms with Crippen LogP contribution >= 0.6 is 11.6 Å². The lowest BCUT2D eigenvalue weighted by atomic mass is 10.1. The molecular weight excluding hydrogens is 491 g/mol. The summed E-state index contributed by atoms with van der Waals surface area (Å²) in [5.74, 6) is 1.21. The molecule has 0 spiro atoms. The van der Waals surface area contributed by atoms with E-state index in [1.807, 2.05) is 42.2 Å². The molecule has 1 saturated heterocycles. The van der Waals surface area contributed by atoms with Gasteiger partial charge in [0.25, 0.3) is 0 Å². The van der Waals surface area contributed by atoms with Crippen LogP contribution in [0, 0.1) is 12.7 Å². The van der Waals surface area contributed by atoms with Gasteiger partial charge < -0.3 is 9.80 Å². The summed E-state index contributed by atoms with van der Waals surface area (Å²) in [5, 5.41) is 4.93. The smallest absolute Gasteiger partial charge is 0.245 e. The minimum Gasteiger partial charge on any atom is -0.354 e. The quantitative estimate of drug-likeness (QED) is 0.325. The van der Waals surface area contributed by atoms with Gasteiger partial charge in [-0.15, -0.1) is 11.6 Å². The van der Waals surface area contributed by atoms with Crippen LogP contribution in [0.1, 0.15) is 42.2 Å². The number of nitrogens with zero attached hydrogens (tertiary/aromatic N) is 6. The lowest BCUT2D eigenvalue weighted by Crippen LogP contribution is -2.37. The van der Waals surface area contributed by atoms with Gasteiger partial charge in [-0.1, -0.05) is 37.3 Å². The van der Waals surface area contributed by atoms with Crippen molar-refractivity contribution in [2.75, 3.05) is 31.1 Å². The zero-order valence-electron chi connectivity index (χ0n) is 21.1. The number of carbonyl (C=O) groups excluding carboxylic acids is 1. The molecule has 1 atom stereocenters. The van der Waals surface area contributed by atoms with Crippen LogP contribution in [0.5, 0.6) is 0 Å². The first-order valence-corrected chi connectivity index (χ1v) is 13.1. The molecule has 0 N–H and O–H groups in total. The zero-order valence-corrected chi connectivity index (χ0v) is 21.8. The van der Waals surface area contributed by atoms with E-state index in [1.165, 1.54) is 12.1 Å². The minimum atomic E-state index is -0.703. The summed E-state index contributed by atoms with van der Waals surface area (Å²) in [4.78, 5) is 27.1. The molecule has 2 aromatic heterocycles. The number of carbonyl (C=O) groups is 1. The summed E-state index contributed by atoms with van der Waals surface area (Å²) >= 11 is 6.56. The molecule has 7 nitrogen and oxygen atoms in total. The normalized spacial score (nSPS) is 15.1. The Balaban J connectivity index is 1.46. The molecule has 1 fully saturated rings. The number of benzene rings is 2. The number of halogens is 2. The molecule has 192 valence electrons. The van der Waals surface area contributed by atoms with Crippen molar-refractivity contribution in [2.24, 2.45) is 0 Å². The van der Waals surface area contributed by atoms with Crippen LogP contribution in [-0.2, 0) is 11.2 Å². The lowest BCUT2D eigenvalue weighted by molar-refractivity contribution is -0.130. The summed E-state index contributed by atoms with van der Waals surface area (Å²) in [6.07, 6.45) is 2.44. The van der Waals surface area contributed by atoms with Crippen molar-refractivity contribution in [3.63, 3.8) is 0 Å². The van der Waals surface area contributed by atoms with Crippen molar-refractivity contribution < 1.29 is 9.18 Å². The lowest BCUT2D eigenvalue weighted by Gasteiger charge is -2.25. The third-order valence-corrected chi connectivity index (χ3v) is 7.13. The van der Waals surface area contributed by atoms with Gasteiger partial charge >= 0.3 is 0 Å². The van der Waals surface area contributed by atoms with Gasteiger partial charge in [0, 0.05) is 32.6 Å². The highest BCUT2D eigenvalue weighted by Gasteiger charge is 2.28. The number of rotatable bonds is 6. The topological polar surface area (TPSA) is 67.2 Å². The van der Waals surface area contributed by atoms with Crippen molar-refractivity contribution in [1.82, 2.24) is 24.6 Å². The molecule has 0 radical (unpaired) electrons. The predicted octanol–water partition coefficient (Wildman–Crippen LogP) is 5.23. The van der Waals surface area contributed by atoms with Crippen LogP contribution in [0.3, 0.4) is 0 Å². The first-order chi connectivity index (χ1) is 18.0. The molecule has 2 aromatic carbocycles. The van der Waals surface area contributed by atoms with Crippen molar-refractivity contribution in [1.29, 1.82) is 0 Å². The van der Waals surface area contributed by atoms with Crippen molar-refractivity contribution >= 4 is 34.4 Å². The zero-order chi connectivity index (χ0) is 25.9. The van der Waals surface area contributed by atoms with E-state index in [0.29, 0.717) is 25.3 Å². The monoisotopic (exact) mass is 520 g/mol. The maximum Gasteiger partial charge on any atom is 0.245 e. The van der Waals surface area contributed by atoms with E-state index in [-0.39, 0.29) is 11.7 Å². The summed E-state index contributed by atoms with van der Waals surface area (Å²) in [6, 6.07) is 15.7. The molecule has 1 aliphatic rings. The van der Waals surface area contributed by atoms with Crippen LogP contribution in [0.2, 0.25) is 0 Å². The standard InChI is InChI=1S/C28H30ClFN6O/c1-3-8-23-31-26(24-19(2)33-36(27(24)32-23)22-13-11-21(30)12-14-22)34-15-7-16-35(18-17-34)28(37)25(29)20-9-5-4-6-10-20/h4-6,9-14,25H,3,7-8,15-18H2,1-2H3/t25-/m1/s1. The van der Waals surface area contributed by atoms with Crippen LogP contribution in [0.25, 0.3) is 16.7 Å². The predicted molar refractivity (Wildman–Crippen MR) is 144 cm³/mol. The highest BCUT2D eigenvalue weighted by atomic mass is 35.5. The first-order valence-electron chi connectivity index (χ1n) is 12.7. The Labute approximate surface area is 220 Å². The van der Waals surface area contributed by atoms with E-state index < -0.39 is 5.38 Å². The Morgan fingerprint density at radius 3 is 2.51 bits per heavy atom. The van der Waals surface area contributed by atoms with Crippen LogP contribution in [-0.4, -0.2) is 56.7 Å². The Hall–Kier alpha value is -3.52. The minimum absolute atomic E-state index is 0.0745. The van der Waals surface area contributed by atoms with E-state index in [9.17, 15) is 9.18 Å². The second kappa shape index (κ2) is 10.8. The molecule has 1 amide bonds. The average Bonchev–Trinajstić information content (AvgIpc) is 3.08. The summed E-state index contributed by atoms with van der Waals surface area (Å²) in [5.41, 5.74) is 3.06. The van der Waals surface area contributed by atoms with E-state index in [1.54, 1.807) is 16.8 Å². The Morgan fingerprint density at radius 2 is 1.78 bits per heavy atom. The summed E-state index contributed by atoms with van der Waals surface area (Å²) in [6.45, 7) is 6.61. The number of aromatic nitrogens is 4. The Kier molecular flexibility index (Phi) is 7.37. The van der Waals surface area contributed by atoms with E-state index in [0.717, 1.165) is 59.8 Å². The van der Waals surface area contributed by atoms with Gasteiger partial charge in [0.15, 0.2) is 5.65 Å². The third-order valence-electron chi connectivity index (χ3n) is 6.69. The second-order valence-corrected chi connectivity index (χ2v) is 9.76. The van der Waals surface area contributed by atoms with Crippen LogP contribution in [0.15, 0.2) is 54.6 Å². The van der Waals surface area contributed by atoms with E-state index in [2.05, 4.69) is 11.8 Å². The average molecular weight is 521 g/mol. The number of alkyl halides is 1. The third kappa shape index (κ3) is 5.16. The summed E-state index contributed by atoms with van der Waals surface area (Å²) in [7, 11) is 0. The molecule has 3 heterocycles. The highest BCUT2D eigenvalue weighted by Crippen LogP contribution is 2.31. The number of anilines is 1. The van der Waals surface area contributed by atoms with Gasteiger partial charge in [0.1, 0.15) is 22.8 Å². The fourth-order valence-corrected chi connectivity index (χ4v) is 5.09. The van der Waals surface area contributed by atoms with E-state index in [4.69, 9.17) is 26.7 Å². The molecule has 4 aromatic rings. The number of hydrogen-bond donors (Lipinski definition) is 0. The molecule has 37 heavy (non-hydrogen) atoms. The number of amides is 1.